The van der Waals surface area contributed by atoms with Gasteiger partial charge in [-0.1, -0.05) is 44.2 Å². The van der Waals surface area contributed by atoms with Crippen LogP contribution in [0.25, 0.3) is 10.9 Å². The van der Waals surface area contributed by atoms with Crippen molar-refractivity contribution in [1.29, 1.82) is 0 Å². The number of phenolic OH excluding ortho intramolecular Hbond substituents is 1. The number of hydrogen-bond acceptors (Lipinski definition) is 7. The van der Waals surface area contributed by atoms with Crippen LogP contribution in [0, 0.1) is 5.92 Å². The van der Waals surface area contributed by atoms with Gasteiger partial charge in [-0.3, -0.25) is 14.4 Å². The summed E-state index contributed by atoms with van der Waals surface area (Å²) in [4.78, 5) is 55.3. The molecule has 3 aromatic rings. The SMILES string of the molecule is CC(C)CC(NC(=O)C(Cc1c[nH]c2ccccc12)NC(=O)C(N)Cc1ccc(O)cc1)C(=O)NC(CCCCN)C(=O)O. The fraction of sp³-hybridized carbons (Fsp3) is 0.438. The van der Waals surface area contributed by atoms with Crippen LogP contribution in [0.3, 0.4) is 0 Å². The van der Waals surface area contributed by atoms with Crippen LogP contribution in [0.4, 0.5) is 0 Å². The van der Waals surface area contributed by atoms with Crippen LogP contribution in [0.1, 0.15) is 50.7 Å². The highest BCUT2D eigenvalue weighted by Gasteiger charge is 2.31. The monoisotopic (exact) mass is 608 g/mol. The van der Waals surface area contributed by atoms with Gasteiger partial charge in [0, 0.05) is 23.5 Å². The van der Waals surface area contributed by atoms with Crippen LogP contribution in [-0.4, -0.2) is 69.6 Å². The summed E-state index contributed by atoms with van der Waals surface area (Å²) in [7, 11) is 0. The molecule has 0 radical (unpaired) electrons. The van der Waals surface area contributed by atoms with Gasteiger partial charge in [0.1, 0.15) is 23.9 Å². The van der Waals surface area contributed by atoms with Crippen molar-refractivity contribution in [2.24, 2.45) is 17.4 Å². The van der Waals surface area contributed by atoms with E-state index >= 15 is 0 Å². The van der Waals surface area contributed by atoms with Crippen LogP contribution < -0.4 is 27.4 Å². The Morgan fingerprint density at radius 1 is 0.841 bits per heavy atom. The lowest BCUT2D eigenvalue weighted by atomic mass is 9.99. The van der Waals surface area contributed by atoms with Crippen molar-refractivity contribution < 1.29 is 29.4 Å². The van der Waals surface area contributed by atoms with E-state index < -0.39 is 47.9 Å². The number of rotatable bonds is 17. The third-order valence-corrected chi connectivity index (χ3v) is 7.36. The van der Waals surface area contributed by atoms with Crippen molar-refractivity contribution in [2.75, 3.05) is 6.54 Å². The highest BCUT2D eigenvalue weighted by Crippen LogP contribution is 2.20. The van der Waals surface area contributed by atoms with E-state index in [2.05, 4.69) is 20.9 Å². The zero-order valence-corrected chi connectivity index (χ0v) is 25.2. The average Bonchev–Trinajstić information content (AvgIpc) is 3.39. The summed E-state index contributed by atoms with van der Waals surface area (Å²) in [6, 6.07) is 9.64. The number of aromatic nitrogens is 1. The molecule has 1 heterocycles. The number of nitrogens with one attached hydrogen (secondary N) is 4. The van der Waals surface area contributed by atoms with E-state index in [1.54, 1.807) is 18.3 Å². The Balaban J connectivity index is 1.81. The summed E-state index contributed by atoms with van der Waals surface area (Å²) in [5.41, 5.74) is 14.1. The second kappa shape index (κ2) is 16.4. The van der Waals surface area contributed by atoms with Gasteiger partial charge in [0.2, 0.25) is 17.7 Å². The minimum atomic E-state index is -1.17. The van der Waals surface area contributed by atoms with Gasteiger partial charge in [0.15, 0.2) is 0 Å². The Labute approximate surface area is 257 Å². The molecular weight excluding hydrogens is 564 g/mol. The smallest absolute Gasteiger partial charge is 0.326 e. The fourth-order valence-electron chi connectivity index (χ4n) is 4.98. The lowest BCUT2D eigenvalue weighted by molar-refractivity contribution is -0.142. The molecule has 0 aliphatic carbocycles. The van der Waals surface area contributed by atoms with E-state index in [1.807, 2.05) is 38.1 Å². The van der Waals surface area contributed by atoms with Crippen molar-refractivity contribution in [2.45, 2.75) is 76.5 Å². The molecule has 3 amide bonds. The third-order valence-electron chi connectivity index (χ3n) is 7.36. The minimum absolute atomic E-state index is 0.00745. The van der Waals surface area contributed by atoms with E-state index in [0.717, 1.165) is 22.0 Å². The van der Waals surface area contributed by atoms with Crippen LogP contribution >= 0.6 is 0 Å². The molecule has 0 spiro atoms. The molecule has 2 aromatic carbocycles. The quantitative estimate of drug-likeness (QED) is 0.105. The maximum absolute atomic E-state index is 13.8. The Bertz CT molecular complexity index is 1410. The number of aromatic hydroxyl groups is 1. The standard InChI is InChI=1S/C32H44N6O6/c1-19(2)15-27(30(41)36-26(32(43)44)9-5-6-14-33)38-31(42)28(17-21-18-35-25-8-4-3-7-23(21)25)37-29(40)24(34)16-20-10-12-22(39)13-11-20/h3-4,7-8,10-13,18-19,24,26-28,35,39H,5-6,9,14-17,33-34H2,1-2H3,(H,36,41)(H,37,40)(H,38,42)(H,43,44). The van der Waals surface area contributed by atoms with Crippen molar-refractivity contribution in [3.63, 3.8) is 0 Å². The number of H-pyrrole nitrogens is 1. The number of para-hydroxylation sites is 1. The number of aliphatic carboxylic acids is 1. The molecule has 0 bridgehead atoms. The number of unbranched alkanes of at least 4 members (excludes halogenated alkanes) is 1. The lowest BCUT2D eigenvalue weighted by Crippen LogP contribution is -2.58. The lowest BCUT2D eigenvalue weighted by Gasteiger charge is -2.26. The molecule has 3 rings (SSSR count). The fourth-order valence-corrected chi connectivity index (χ4v) is 4.98. The van der Waals surface area contributed by atoms with Crippen LogP contribution in [0.2, 0.25) is 0 Å². The van der Waals surface area contributed by atoms with Gasteiger partial charge in [-0.05, 0) is 73.9 Å². The topological polar surface area (TPSA) is 213 Å². The van der Waals surface area contributed by atoms with Crippen LogP contribution in [-0.2, 0) is 32.0 Å². The Kier molecular flexibility index (Phi) is 12.7. The van der Waals surface area contributed by atoms with E-state index in [4.69, 9.17) is 11.5 Å². The highest BCUT2D eigenvalue weighted by molar-refractivity contribution is 5.95. The molecule has 44 heavy (non-hydrogen) atoms. The van der Waals surface area contributed by atoms with Gasteiger partial charge >= 0.3 is 5.97 Å². The minimum Gasteiger partial charge on any atom is -0.508 e. The maximum atomic E-state index is 13.8. The maximum Gasteiger partial charge on any atom is 0.326 e. The molecule has 10 N–H and O–H groups in total. The molecule has 0 aliphatic rings. The van der Waals surface area contributed by atoms with Gasteiger partial charge in [-0.2, -0.15) is 0 Å². The van der Waals surface area contributed by atoms with E-state index in [9.17, 15) is 29.4 Å². The Morgan fingerprint density at radius 3 is 2.14 bits per heavy atom. The van der Waals surface area contributed by atoms with Crippen LogP contribution in [0.15, 0.2) is 54.7 Å². The normalized spacial score (nSPS) is 14.0. The molecule has 12 nitrogen and oxygen atoms in total. The largest absolute Gasteiger partial charge is 0.508 e. The van der Waals surface area contributed by atoms with Crippen molar-refractivity contribution in [1.82, 2.24) is 20.9 Å². The number of phenols is 1. The summed E-state index contributed by atoms with van der Waals surface area (Å²) >= 11 is 0. The molecule has 0 saturated carbocycles. The predicted molar refractivity (Wildman–Crippen MR) is 168 cm³/mol. The summed E-state index contributed by atoms with van der Waals surface area (Å²) in [6.07, 6.45) is 3.66. The number of carbonyl (C=O) groups excluding carboxylic acids is 3. The molecule has 1 aromatic heterocycles. The number of benzene rings is 2. The first kappa shape index (κ1) is 34.1. The number of fused-ring (bicyclic) bond motifs is 1. The van der Waals surface area contributed by atoms with Crippen molar-refractivity contribution in [3.05, 3.63) is 65.9 Å². The highest BCUT2D eigenvalue weighted by atomic mass is 16.4. The molecule has 4 atom stereocenters. The molecule has 0 aliphatic heterocycles. The molecule has 238 valence electrons. The molecule has 0 fully saturated rings. The van der Waals surface area contributed by atoms with Gasteiger partial charge < -0.3 is 42.6 Å². The summed E-state index contributed by atoms with van der Waals surface area (Å²) in [5, 5.41) is 28.2. The average molecular weight is 609 g/mol. The number of nitrogens with two attached hydrogens (primary N) is 2. The summed E-state index contributed by atoms with van der Waals surface area (Å²) in [5.74, 6) is -2.87. The van der Waals surface area contributed by atoms with Gasteiger partial charge in [-0.25, -0.2) is 4.79 Å². The number of carboxylic acid groups (broad SMARTS) is 1. The molecule has 12 heteroatoms. The van der Waals surface area contributed by atoms with Gasteiger partial charge in [0.25, 0.3) is 0 Å². The molecule has 0 saturated heterocycles. The van der Waals surface area contributed by atoms with Crippen LogP contribution in [0.5, 0.6) is 5.75 Å². The second-order valence-electron chi connectivity index (χ2n) is 11.5. The molecular formula is C32H44N6O6. The number of hydrogen-bond donors (Lipinski definition) is 8. The first-order chi connectivity index (χ1) is 21.0. The number of amides is 3. The van der Waals surface area contributed by atoms with E-state index in [1.165, 1.54) is 12.1 Å². The summed E-state index contributed by atoms with van der Waals surface area (Å²) in [6.45, 7) is 4.18. The first-order valence-electron chi connectivity index (χ1n) is 14.9. The zero-order chi connectivity index (χ0) is 32.2. The number of carboxylic acids is 1. The third kappa shape index (κ3) is 10.1. The second-order valence-corrected chi connectivity index (χ2v) is 11.5. The zero-order valence-electron chi connectivity index (χ0n) is 25.2. The molecule has 4 unspecified atom stereocenters. The van der Waals surface area contributed by atoms with E-state index in [0.29, 0.717) is 19.4 Å². The summed E-state index contributed by atoms with van der Waals surface area (Å²) < 4.78 is 0. The predicted octanol–water partition coefficient (Wildman–Crippen LogP) is 1.70. The number of carbonyl (C=O) groups is 4. The van der Waals surface area contributed by atoms with Gasteiger partial charge in [0.05, 0.1) is 6.04 Å². The Hall–Kier alpha value is -4.42. The first-order valence-corrected chi connectivity index (χ1v) is 14.9. The van der Waals surface area contributed by atoms with E-state index in [-0.39, 0.29) is 37.4 Å². The van der Waals surface area contributed by atoms with Crippen molar-refractivity contribution >= 4 is 34.6 Å². The number of aromatic amines is 1. The Morgan fingerprint density at radius 2 is 1.48 bits per heavy atom. The van der Waals surface area contributed by atoms with Gasteiger partial charge in [-0.15, -0.1) is 0 Å². The van der Waals surface area contributed by atoms with Crippen molar-refractivity contribution in [3.8, 4) is 5.75 Å².